The Labute approximate surface area is 208 Å². The van der Waals surface area contributed by atoms with E-state index in [-0.39, 0.29) is 12.2 Å². The average molecular weight is 531 g/mol. The van der Waals surface area contributed by atoms with Crippen molar-refractivity contribution in [2.24, 2.45) is 0 Å². The van der Waals surface area contributed by atoms with Crippen molar-refractivity contribution in [2.45, 2.75) is 39.2 Å². The van der Waals surface area contributed by atoms with E-state index in [1.807, 2.05) is 36.4 Å². The van der Waals surface area contributed by atoms with E-state index >= 15 is 0 Å². The molecule has 0 spiro atoms. The number of anilines is 2. The Hall–Kier alpha value is -3.07. The normalized spacial score (nSPS) is 13.6. The van der Waals surface area contributed by atoms with Gasteiger partial charge in [0.2, 0.25) is 5.95 Å². The van der Waals surface area contributed by atoms with Crippen molar-refractivity contribution < 1.29 is 19.0 Å². The number of fused-ring (bicyclic) bond motifs is 1. The Kier molecular flexibility index (Phi) is 9.33. The summed E-state index contributed by atoms with van der Waals surface area (Å²) in [6.07, 6.45) is 4.23. The first kappa shape index (κ1) is 25.6. The van der Waals surface area contributed by atoms with Gasteiger partial charge in [-0.25, -0.2) is 14.8 Å². The number of amides is 1. The van der Waals surface area contributed by atoms with Gasteiger partial charge in [0.1, 0.15) is 17.6 Å². The molecule has 9 heteroatoms. The van der Waals surface area contributed by atoms with E-state index in [0.717, 1.165) is 45.4 Å². The van der Waals surface area contributed by atoms with Crippen LogP contribution in [0, 0.1) is 0 Å². The quantitative estimate of drug-likeness (QED) is 0.421. The lowest BCUT2D eigenvalue weighted by Gasteiger charge is -2.31. The second kappa shape index (κ2) is 12.4. The summed E-state index contributed by atoms with van der Waals surface area (Å²) in [5.74, 6) is 1.96. The number of hydrogen-bond acceptors (Lipinski definition) is 7. The standard InChI is InChI=1S/C22H23BrN4O4.C3H8/c1-29-17-5-3-4-15(11-17)25-21-24-13-14-10-18(23)20(12-19(14)26-21)31-16-6-8-27(9-7-16)22(28)30-2;1-3-2/h3-5,10-13,16H,6-9H2,1-2H3,(H,24,25,26);3H2,1-2H3. The van der Waals surface area contributed by atoms with Crippen molar-refractivity contribution in [2.75, 3.05) is 32.6 Å². The molecule has 1 aliphatic rings. The van der Waals surface area contributed by atoms with Gasteiger partial charge >= 0.3 is 6.09 Å². The molecule has 3 aromatic rings. The highest BCUT2D eigenvalue weighted by molar-refractivity contribution is 9.10. The van der Waals surface area contributed by atoms with Crippen LogP contribution in [-0.2, 0) is 4.74 Å². The molecule has 8 nitrogen and oxygen atoms in total. The fourth-order valence-electron chi connectivity index (χ4n) is 3.48. The van der Waals surface area contributed by atoms with Gasteiger partial charge in [0.25, 0.3) is 0 Å². The lowest BCUT2D eigenvalue weighted by molar-refractivity contribution is 0.0788. The molecule has 1 saturated heterocycles. The topological polar surface area (TPSA) is 85.8 Å². The Bertz CT molecular complexity index is 1100. The van der Waals surface area contributed by atoms with Crippen LogP contribution < -0.4 is 14.8 Å². The summed E-state index contributed by atoms with van der Waals surface area (Å²) < 4.78 is 17.1. The maximum Gasteiger partial charge on any atom is 0.409 e. The average Bonchev–Trinajstić information content (AvgIpc) is 2.85. The number of carbonyl (C=O) groups is 1. The molecule has 0 atom stereocenters. The zero-order chi connectivity index (χ0) is 24.5. The summed E-state index contributed by atoms with van der Waals surface area (Å²) in [7, 11) is 3.03. The molecule has 0 unspecified atom stereocenters. The van der Waals surface area contributed by atoms with E-state index in [1.165, 1.54) is 13.5 Å². The summed E-state index contributed by atoms with van der Waals surface area (Å²) in [5, 5.41) is 4.10. The van der Waals surface area contributed by atoms with Gasteiger partial charge in [0.05, 0.1) is 24.2 Å². The number of methoxy groups -OCH3 is 2. The highest BCUT2D eigenvalue weighted by Gasteiger charge is 2.25. The predicted octanol–water partition coefficient (Wildman–Crippen LogP) is 6.17. The van der Waals surface area contributed by atoms with Crippen LogP contribution >= 0.6 is 15.9 Å². The van der Waals surface area contributed by atoms with Crippen molar-refractivity contribution in [3.8, 4) is 11.5 Å². The van der Waals surface area contributed by atoms with Crippen LogP contribution in [0.2, 0.25) is 0 Å². The van der Waals surface area contributed by atoms with Crippen molar-refractivity contribution in [3.05, 3.63) is 47.1 Å². The van der Waals surface area contributed by atoms with Gasteiger partial charge in [0.15, 0.2) is 0 Å². The first-order valence-electron chi connectivity index (χ1n) is 11.3. The maximum atomic E-state index is 11.7. The van der Waals surface area contributed by atoms with Crippen molar-refractivity contribution in [3.63, 3.8) is 0 Å². The van der Waals surface area contributed by atoms with Crippen molar-refractivity contribution in [1.82, 2.24) is 14.9 Å². The fourth-order valence-corrected chi connectivity index (χ4v) is 3.93. The number of nitrogens with one attached hydrogen (secondary N) is 1. The zero-order valence-electron chi connectivity index (χ0n) is 20.0. The van der Waals surface area contributed by atoms with Crippen LogP contribution in [0.5, 0.6) is 11.5 Å². The molecule has 182 valence electrons. The lowest BCUT2D eigenvalue weighted by atomic mass is 10.1. The van der Waals surface area contributed by atoms with E-state index in [0.29, 0.717) is 19.0 Å². The highest BCUT2D eigenvalue weighted by Crippen LogP contribution is 2.32. The molecule has 0 saturated carbocycles. The Balaban J connectivity index is 0.00000103. The van der Waals surface area contributed by atoms with Gasteiger partial charge in [-0.2, -0.15) is 0 Å². The third-order valence-electron chi connectivity index (χ3n) is 5.13. The lowest BCUT2D eigenvalue weighted by Crippen LogP contribution is -2.41. The van der Waals surface area contributed by atoms with Crippen LogP contribution in [0.25, 0.3) is 10.9 Å². The monoisotopic (exact) mass is 530 g/mol. The van der Waals surface area contributed by atoms with Crippen molar-refractivity contribution in [1.29, 1.82) is 0 Å². The SMILES string of the molecule is CCC.COC(=O)N1CCC(Oc2cc3nc(Nc4cccc(OC)c4)ncc3cc2Br)CC1. The van der Waals surface area contributed by atoms with Crippen LogP contribution in [0.4, 0.5) is 16.4 Å². The summed E-state index contributed by atoms with van der Waals surface area (Å²) in [5.41, 5.74) is 1.61. The Morgan fingerprint density at radius 3 is 2.59 bits per heavy atom. The number of likely N-dealkylation sites (tertiary alicyclic amines) is 1. The third-order valence-corrected chi connectivity index (χ3v) is 5.75. The number of nitrogens with zero attached hydrogens (tertiary/aromatic N) is 3. The fraction of sp³-hybridized carbons (Fsp3) is 0.400. The molecule has 1 aliphatic heterocycles. The van der Waals surface area contributed by atoms with E-state index in [1.54, 1.807) is 18.2 Å². The molecule has 2 heterocycles. The minimum Gasteiger partial charge on any atom is -0.497 e. The minimum absolute atomic E-state index is 0.0193. The molecule has 1 N–H and O–H groups in total. The number of benzene rings is 2. The third kappa shape index (κ3) is 6.72. The number of hydrogen-bond donors (Lipinski definition) is 1. The molecular weight excluding hydrogens is 500 g/mol. The number of aromatic nitrogens is 2. The van der Waals surface area contributed by atoms with E-state index in [9.17, 15) is 4.79 Å². The number of ether oxygens (including phenoxy) is 3. The largest absolute Gasteiger partial charge is 0.497 e. The predicted molar refractivity (Wildman–Crippen MR) is 137 cm³/mol. The molecule has 4 rings (SSSR count). The van der Waals surface area contributed by atoms with E-state index in [2.05, 4.69) is 45.1 Å². The summed E-state index contributed by atoms with van der Waals surface area (Å²) in [6.45, 7) is 5.47. The summed E-state index contributed by atoms with van der Waals surface area (Å²) in [6, 6.07) is 11.4. The number of rotatable bonds is 5. The van der Waals surface area contributed by atoms with Gasteiger partial charge in [-0.1, -0.05) is 26.3 Å². The van der Waals surface area contributed by atoms with E-state index in [4.69, 9.17) is 14.2 Å². The number of piperidine rings is 1. The van der Waals surface area contributed by atoms with E-state index < -0.39 is 0 Å². The van der Waals surface area contributed by atoms with Gasteiger partial charge in [-0.05, 0) is 34.1 Å². The van der Waals surface area contributed by atoms with Gasteiger partial charge in [-0.15, -0.1) is 0 Å². The smallest absolute Gasteiger partial charge is 0.409 e. The zero-order valence-corrected chi connectivity index (χ0v) is 21.6. The highest BCUT2D eigenvalue weighted by atomic mass is 79.9. The summed E-state index contributed by atoms with van der Waals surface area (Å²) >= 11 is 3.58. The Morgan fingerprint density at radius 2 is 1.91 bits per heavy atom. The van der Waals surface area contributed by atoms with Crippen LogP contribution in [0.3, 0.4) is 0 Å². The molecule has 1 aromatic heterocycles. The minimum atomic E-state index is -0.293. The second-order valence-electron chi connectivity index (χ2n) is 7.87. The molecule has 0 aliphatic carbocycles. The maximum absolute atomic E-state index is 11.7. The molecule has 1 fully saturated rings. The van der Waals surface area contributed by atoms with Crippen molar-refractivity contribution >= 4 is 44.6 Å². The second-order valence-corrected chi connectivity index (χ2v) is 8.73. The van der Waals surface area contributed by atoms with Gasteiger partial charge in [0, 0.05) is 55.3 Å². The van der Waals surface area contributed by atoms with Gasteiger partial charge < -0.3 is 24.4 Å². The van der Waals surface area contributed by atoms with Crippen LogP contribution in [0.1, 0.15) is 33.1 Å². The molecule has 0 radical (unpaired) electrons. The first-order chi connectivity index (χ1) is 16.5. The molecule has 1 amide bonds. The Morgan fingerprint density at radius 1 is 1.18 bits per heavy atom. The molecule has 34 heavy (non-hydrogen) atoms. The summed E-state index contributed by atoms with van der Waals surface area (Å²) in [4.78, 5) is 22.4. The van der Waals surface area contributed by atoms with Gasteiger partial charge in [-0.3, -0.25) is 0 Å². The number of halogens is 1. The first-order valence-corrected chi connectivity index (χ1v) is 12.1. The molecule has 2 aromatic carbocycles. The molecular formula is C25H31BrN4O4. The van der Waals surface area contributed by atoms with Crippen LogP contribution in [-0.4, -0.2) is 54.4 Å². The number of carbonyl (C=O) groups excluding carboxylic acids is 1. The molecule has 0 bridgehead atoms. The van der Waals surface area contributed by atoms with Crippen LogP contribution in [0.15, 0.2) is 47.1 Å².